The molecule has 1 unspecified atom stereocenters. The fourth-order valence-corrected chi connectivity index (χ4v) is 5.52. The summed E-state index contributed by atoms with van der Waals surface area (Å²) in [7, 11) is 0. The Morgan fingerprint density at radius 3 is 2.70 bits per heavy atom. The van der Waals surface area contributed by atoms with Crippen LogP contribution < -0.4 is 0 Å². The number of hydrogen-bond acceptors (Lipinski definition) is 3. The number of carboxylic acids is 1. The molecule has 0 aliphatic carbocycles. The van der Waals surface area contributed by atoms with Gasteiger partial charge in [0.25, 0.3) is 0 Å². The van der Waals surface area contributed by atoms with Crippen LogP contribution in [0.1, 0.15) is 29.2 Å². The Morgan fingerprint density at radius 2 is 2.04 bits per heavy atom. The molecule has 1 aliphatic rings. The first-order chi connectivity index (χ1) is 12.8. The average molecular weight is 469 g/mol. The Labute approximate surface area is 171 Å². The molecule has 1 aliphatic heterocycles. The molecule has 4 nitrogen and oxygen atoms in total. The van der Waals surface area contributed by atoms with Crippen LogP contribution in [-0.2, 0) is 4.79 Å². The van der Waals surface area contributed by atoms with E-state index in [1.165, 1.54) is 28.5 Å². The SMILES string of the molecule is O=C(O)CC1CC(=O)n2c1c(Sc1ccc(Cl)cc1)c1c(Br)cc(F)cc12. The van der Waals surface area contributed by atoms with Crippen LogP contribution in [-0.4, -0.2) is 21.6 Å². The molecule has 0 saturated heterocycles. The smallest absolute Gasteiger partial charge is 0.304 e. The van der Waals surface area contributed by atoms with Crippen molar-refractivity contribution in [3.63, 3.8) is 0 Å². The van der Waals surface area contributed by atoms with E-state index < -0.39 is 17.7 Å². The monoisotopic (exact) mass is 467 g/mol. The molecule has 27 heavy (non-hydrogen) atoms. The van der Waals surface area contributed by atoms with Crippen LogP contribution >= 0.6 is 39.3 Å². The molecular weight excluding hydrogens is 457 g/mol. The van der Waals surface area contributed by atoms with Crippen molar-refractivity contribution in [3.05, 3.63) is 57.4 Å². The van der Waals surface area contributed by atoms with Gasteiger partial charge in [0.05, 0.1) is 11.9 Å². The second-order valence-electron chi connectivity index (χ2n) is 6.28. The highest BCUT2D eigenvalue weighted by atomic mass is 79.9. The molecule has 2 heterocycles. The predicted octanol–water partition coefficient (Wildman–Crippen LogP) is 5.95. The van der Waals surface area contributed by atoms with Crippen molar-refractivity contribution in [1.82, 2.24) is 4.57 Å². The molecule has 1 aromatic heterocycles. The normalized spacial score (nSPS) is 16.1. The summed E-state index contributed by atoms with van der Waals surface area (Å²) < 4.78 is 16.0. The van der Waals surface area contributed by atoms with Crippen molar-refractivity contribution < 1.29 is 19.1 Å². The summed E-state index contributed by atoms with van der Waals surface area (Å²) in [5, 5.41) is 10.6. The highest BCUT2D eigenvalue weighted by molar-refractivity contribution is 9.10. The number of carbonyl (C=O) groups is 2. The quantitative estimate of drug-likeness (QED) is 0.514. The summed E-state index contributed by atoms with van der Waals surface area (Å²) in [5.74, 6) is -2.11. The summed E-state index contributed by atoms with van der Waals surface area (Å²) >= 11 is 10.8. The standard InChI is InChI=1S/C19H12BrClFNO3S/c20-13-7-11(22)8-14-17(13)19(27-12-3-1-10(21)2-4-12)18-9(6-16(25)26)5-15(24)23(14)18/h1-4,7-9H,5-6H2,(H,25,26). The van der Waals surface area contributed by atoms with E-state index in [0.717, 1.165) is 9.79 Å². The minimum absolute atomic E-state index is 0.0971. The molecule has 0 fully saturated rings. The molecular formula is C19H12BrClFNO3S. The molecule has 0 radical (unpaired) electrons. The number of carboxylic acid groups (broad SMARTS) is 1. The van der Waals surface area contributed by atoms with E-state index >= 15 is 0 Å². The molecule has 0 bridgehead atoms. The maximum absolute atomic E-state index is 14.0. The van der Waals surface area contributed by atoms with Gasteiger partial charge in [-0.3, -0.25) is 14.2 Å². The number of halogens is 3. The van der Waals surface area contributed by atoms with Crippen LogP contribution in [0.15, 0.2) is 50.7 Å². The first kappa shape index (κ1) is 18.5. The minimum atomic E-state index is -0.973. The third kappa shape index (κ3) is 3.28. The lowest BCUT2D eigenvalue weighted by atomic mass is 10.00. The van der Waals surface area contributed by atoms with Crippen molar-refractivity contribution in [2.45, 2.75) is 28.6 Å². The van der Waals surface area contributed by atoms with Gasteiger partial charge in [0, 0.05) is 42.7 Å². The van der Waals surface area contributed by atoms with Gasteiger partial charge in [-0.1, -0.05) is 23.4 Å². The highest BCUT2D eigenvalue weighted by Crippen LogP contribution is 2.48. The summed E-state index contributed by atoms with van der Waals surface area (Å²) in [4.78, 5) is 25.6. The molecule has 2 aromatic carbocycles. The zero-order valence-electron chi connectivity index (χ0n) is 13.7. The summed E-state index contributed by atoms with van der Waals surface area (Å²) in [6.07, 6.45) is -0.0593. The van der Waals surface area contributed by atoms with Gasteiger partial charge in [0.15, 0.2) is 0 Å². The molecule has 0 amide bonds. The maximum atomic E-state index is 14.0. The topological polar surface area (TPSA) is 59.3 Å². The van der Waals surface area contributed by atoms with Crippen LogP contribution in [0.4, 0.5) is 4.39 Å². The number of carbonyl (C=O) groups excluding carboxylic acids is 1. The third-order valence-corrected chi connectivity index (χ3v) is 6.49. The van der Waals surface area contributed by atoms with Crippen molar-refractivity contribution in [1.29, 1.82) is 0 Å². The van der Waals surface area contributed by atoms with Crippen LogP contribution in [0.3, 0.4) is 0 Å². The van der Waals surface area contributed by atoms with E-state index in [1.54, 1.807) is 12.1 Å². The summed E-state index contributed by atoms with van der Waals surface area (Å²) in [6, 6.07) is 9.89. The number of aromatic nitrogens is 1. The summed E-state index contributed by atoms with van der Waals surface area (Å²) in [6.45, 7) is 0. The third-order valence-electron chi connectivity index (χ3n) is 4.49. The first-order valence-corrected chi connectivity index (χ1v) is 10.1. The molecule has 1 atom stereocenters. The summed E-state index contributed by atoms with van der Waals surface area (Å²) in [5.41, 5.74) is 1.08. The van der Waals surface area contributed by atoms with Crippen LogP contribution in [0.25, 0.3) is 10.9 Å². The Hall–Kier alpha value is -1.83. The predicted molar refractivity (Wildman–Crippen MR) is 105 cm³/mol. The lowest BCUT2D eigenvalue weighted by molar-refractivity contribution is -0.137. The van der Waals surface area contributed by atoms with Crippen LogP contribution in [0, 0.1) is 5.82 Å². The van der Waals surface area contributed by atoms with Crippen molar-refractivity contribution in [2.75, 3.05) is 0 Å². The van der Waals surface area contributed by atoms with E-state index in [1.807, 2.05) is 12.1 Å². The lowest BCUT2D eigenvalue weighted by Gasteiger charge is -2.10. The number of hydrogen-bond donors (Lipinski definition) is 1. The van der Waals surface area contributed by atoms with Crippen molar-refractivity contribution in [2.24, 2.45) is 0 Å². The fraction of sp³-hybridized carbons (Fsp3) is 0.158. The minimum Gasteiger partial charge on any atom is -0.481 e. The molecule has 138 valence electrons. The molecule has 4 rings (SSSR count). The van der Waals surface area contributed by atoms with Gasteiger partial charge in [0.2, 0.25) is 5.91 Å². The lowest BCUT2D eigenvalue weighted by Crippen LogP contribution is -2.04. The molecule has 8 heteroatoms. The Balaban J connectivity index is 1.97. The second-order valence-corrected chi connectivity index (χ2v) is 8.65. The van der Waals surface area contributed by atoms with E-state index in [4.69, 9.17) is 11.6 Å². The Kier molecular flexibility index (Phi) is 4.78. The molecule has 1 N–H and O–H groups in total. The van der Waals surface area contributed by atoms with Gasteiger partial charge in [-0.2, -0.15) is 0 Å². The Bertz CT molecular complexity index is 1100. The number of benzene rings is 2. The second kappa shape index (κ2) is 6.96. The van der Waals surface area contributed by atoms with Crippen molar-refractivity contribution in [3.8, 4) is 0 Å². The zero-order valence-corrected chi connectivity index (χ0v) is 16.9. The molecule has 0 spiro atoms. The van der Waals surface area contributed by atoms with Gasteiger partial charge < -0.3 is 5.11 Å². The van der Waals surface area contributed by atoms with E-state index in [-0.39, 0.29) is 18.7 Å². The largest absolute Gasteiger partial charge is 0.481 e. The number of nitrogens with zero attached hydrogens (tertiary/aromatic N) is 1. The molecule has 3 aromatic rings. The van der Waals surface area contributed by atoms with Gasteiger partial charge in [-0.15, -0.1) is 0 Å². The number of rotatable bonds is 4. The number of fused-ring (bicyclic) bond motifs is 3. The van der Waals surface area contributed by atoms with Crippen LogP contribution in [0.2, 0.25) is 5.02 Å². The van der Waals surface area contributed by atoms with Gasteiger partial charge >= 0.3 is 5.97 Å². The van der Waals surface area contributed by atoms with E-state index in [2.05, 4.69) is 15.9 Å². The number of aliphatic carboxylic acids is 1. The van der Waals surface area contributed by atoms with E-state index in [9.17, 15) is 19.1 Å². The van der Waals surface area contributed by atoms with Gasteiger partial charge in [-0.05, 0) is 52.3 Å². The zero-order chi connectivity index (χ0) is 19.3. The maximum Gasteiger partial charge on any atom is 0.304 e. The van der Waals surface area contributed by atoms with Gasteiger partial charge in [0.1, 0.15) is 5.82 Å². The fourth-order valence-electron chi connectivity index (χ4n) is 3.46. The van der Waals surface area contributed by atoms with Crippen LogP contribution in [0.5, 0.6) is 0 Å². The van der Waals surface area contributed by atoms with Crippen molar-refractivity contribution >= 4 is 62.1 Å². The van der Waals surface area contributed by atoms with E-state index in [0.29, 0.717) is 26.1 Å². The highest BCUT2D eigenvalue weighted by Gasteiger charge is 2.37. The molecule has 0 saturated carbocycles. The Morgan fingerprint density at radius 1 is 1.33 bits per heavy atom. The average Bonchev–Trinajstić information content (AvgIpc) is 3.06. The van der Waals surface area contributed by atoms with Gasteiger partial charge in [-0.25, -0.2) is 4.39 Å². The first-order valence-electron chi connectivity index (χ1n) is 8.07.